The molecule has 0 N–H and O–H groups in total. The smallest absolute Gasteiger partial charge is 0.0125 e. The molecule has 2 unspecified atom stereocenters. The lowest BCUT2D eigenvalue weighted by Crippen LogP contribution is -2.49. The molecule has 0 saturated carbocycles. The van der Waals surface area contributed by atoms with E-state index in [0.717, 1.165) is 23.8 Å². The minimum absolute atomic E-state index is 0.348. The summed E-state index contributed by atoms with van der Waals surface area (Å²) in [4.78, 5) is 11.1. The Balaban J connectivity index is 1.17. The summed E-state index contributed by atoms with van der Waals surface area (Å²) < 4.78 is 0. The van der Waals surface area contributed by atoms with Gasteiger partial charge in [-0.1, -0.05) is 0 Å². The number of hydrogen-bond donors (Lipinski definition) is 0. The highest BCUT2D eigenvalue weighted by atomic mass is 15.3. The zero-order valence-electron chi connectivity index (χ0n) is 20.3. The molecule has 0 spiro atoms. The lowest BCUT2D eigenvalue weighted by molar-refractivity contribution is 0.0598. The first-order valence-electron chi connectivity index (χ1n) is 12.6. The van der Waals surface area contributed by atoms with Crippen molar-refractivity contribution in [1.29, 1.82) is 0 Å². The molecule has 0 amide bonds. The van der Waals surface area contributed by atoms with Gasteiger partial charge in [0.25, 0.3) is 0 Å². The van der Waals surface area contributed by atoms with Gasteiger partial charge in [-0.3, -0.25) is 14.7 Å². The monoisotopic (exact) mass is 404 g/mol. The minimum atomic E-state index is 0.348. The fourth-order valence-electron chi connectivity index (χ4n) is 6.49. The summed E-state index contributed by atoms with van der Waals surface area (Å²) in [7, 11) is 0. The summed E-state index contributed by atoms with van der Waals surface area (Å²) in [5, 5.41) is 0. The van der Waals surface area contributed by atoms with Crippen LogP contribution in [0.15, 0.2) is 0 Å². The third-order valence-electron chi connectivity index (χ3n) is 8.62. The number of piperidine rings is 2. The van der Waals surface area contributed by atoms with Crippen LogP contribution in [0.25, 0.3) is 0 Å². The Bertz CT molecular complexity index is 518. The highest BCUT2D eigenvalue weighted by Crippen LogP contribution is 2.37. The molecule has 4 nitrogen and oxygen atoms in total. The Morgan fingerprint density at radius 1 is 0.621 bits per heavy atom. The molecule has 4 heterocycles. The summed E-state index contributed by atoms with van der Waals surface area (Å²) in [6.07, 6.45) is 5.61. The lowest BCUT2D eigenvalue weighted by Gasteiger charge is -2.43. The third-order valence-corrected chi connectivity index (χ3v) is 8.62. The SMILES string of the molecule is CC(C)(C)N1CCC(CN2CCC(N3CC4CN(C(C)(C)C)CC4C3)CC2)CC1. The zero-order valence-corrected chi connectivity index (χ0v) is 20.3. The number of nitrogens with zero attached hydrogens (tertiary/aromatic N) is 4. The van der Waals surface area contributed by atoms with Crippen molar-refractivity contribution in [3.63, 3.8) is 0 Å². The number of fused-ring (bicyclic) bond motifs is 1. The lowest BCUT2D eigenvalue weighted by atomic mass is 9.91. The molecule has 168 valence electrons. The Kier molecular flexibility index (Phi) is 6.39. The number of hydrogen-bond acceptors (Lipinski definition) is 4. The van der Waals surface area contributed by atoms with Gasteiger partial charge in [-0.2, -0.15) is 0 Å². The molecule has 0 radical (unpaired) electrons. The van der Waals surface area contributed by atoms with Crippen LogP contribution in [0.2, 0.25) is 0 Å². The van der Waals surface area contributed by atoms with Crippen LogP contribution in [-0.4, -0.2) is 95.6 Å². The molecule has 0 aromatic carbocycles. The van der Waals surface area contributed by atoms with Crippen molar-refractivity contribution >= 4 is 0 Å². The van der Waals surface area contributed by atoms with E-state index in [0.29, 0.717) is 11.1 Å². The molecule has 0 bridgehead atoms. The first kappa shape index (κ1) is 22.0. The Morgan fingerprint density at radius 2 is 1.14 bits per heavy atom. The standard InChI is InChI=1S/C25H48N4/c1-24(2,3)28-13-7-20(8-14-28)15-26-11-9-23(10-12-26)27-16-21-18-29(25(4,5)6)19-22(21)17-27/h20-23H,7-19H2,1-6H3. The Hall–Kier alpha value is -0.160. The highest BCUT2D eigenvalue weighted by molar-refractivity contribution is 4.98. The van der Waals surface area contributed by atoms with Crippen molar-refractivity contribution in [1.82, 2.24) is 19.6 Å². The van der Waals surface area contributed by atoms with E-state index in [1.807, 2.05) is 0 Å². The van der Waals surface area contributed by atoms with Crippen molar-refractivity contribution < 1.29 is 0 Å². The van der Waals surface area contributed by atoms with Crippen LogP contribution < -0.4 is 0 Å². The van der Waals surface area contributed by atoms with Gasteiger partial charge in [-0.25, -0.2) is 0 Å². The first-order chi connectivity index (χ1) is 13.6. The van der Waals surface area contributed by atoms with Gasteiger partial charge < -0.3 is 4.90 Å². The largest absolute Gasteiger partial charge is 0.303 e. The second-order valence-electron chi connectivity index (χ2n) is 12.7. The van der Waals surface area contributed by atoms with Crippen molar-refractivity contribution in [2.75, 3.05) is 58.9 Å². The van der Waals surface area contributed by atoms with E-state index < -0.39 is 0 Å². The van der Waals surface area contributed by atoms with Crippen LogP contribution in [0.3, 0.4) is 0 Å². The second kappa shape index (κ2) is 8.41. The Labute approximate surface area is 181 Å². The maximum Gasteiger partial charge on any atom is 0.0125 e. The predicted octanol–water partition coefficient (Wildman–Crippen LogP) is 3.62. The van der Waals surface area contributed by atoms with E-state index in [1.54, 1.807) is 0 Å². The van der Waals surface area contributed by atoms with Gasteiger partial charge in [0, 0.05) is 49.8 Å². The van der Waals surface area contributed by atoms with Gasteiger partial charge in [0.2, 0.25) is 0 Å². The van der Waals surface area contributed by atoms with Crippen LogP contribution in [0, 0.1) is 17.8 Å². The summed E-state index contributed by atoms with van der Waals surface area (Å²) in [6, 6.07) is 0.864. The highest BCUT2D eigenvalue weighted by Gasteiger charge is 2.44. The van der Waals surface area contributed by atoms with Crippen LogP contribution in [0.5, 0.6) is 0 Å². The van der Waals surface area contributed by atoms with E-state index in [9.17, 15) is 0 Å². The molecule has 4 aliphatic heterocycles. The van der Waals surface area contributed by atoms with Crippen LogP contribution >= 0.6 is 0 Å². The molecule has 4 heteroatoms. The van der Waals surface area contributed by atoms with Gasteiger partial charge >= 0.3 is 0 Å². The fourth-order valence-corrected chi connectivity index (χ4v) is 6.49. The summed E-state index contributed by atoms with van der Waals surface area (Å²) in [6.45, 7) is 26.3. The molecule has 4 saturated heterocycles. The van der Waals surface area contributed by atoms with Crippen molar-refractivity contribution in [2.24, 2.45) is 17.8 Å². The normalized spacial score (nSPS) is 32.9. The molecule has 0 aromatic heterocycles. The molecule has 29 heavy (non-hydrogen) atoms. The topological polar surface area (TPSA) is 13.0 Å². The van der Waals surface area contributed by atoms with Gasteiger partial charge in [0.05, 0.1) is 0 Å². The maximum absolute atomic E-state index is 2.88. The van der Waals surface area contributed by atoms with Gasteiger partial charge in [-0.15, -0.1) is 0 Å². The molecule has 4 fully saturated rings. The molecular weight excluding hydrogens is 356 g/mol. The van der Waals surface area contributed by atoms with Crippen molar-refractivity contribution in [2.45, 2.75) is 84.3 Å². The Morgan fingerprint density at radius 3 is 1.62 bits per heavy atom. The van der Waals surface area contributed by atoms with Gasteiger partial charge in [-0.05, 0) is 111 Å². The van der Waals surface area contributed by atoms with Crippen LogP contribution in [-0.2, 0) is 0 Å². The third kappa shape index (κ3) is 5.19. The summed E-state index contributed by atoms with van der Waals surface area (Å²) in [5.74, 6) is 2.79. The zero-order chi connectivity index (χ0) is 20.8. The summed E-state index contributed by atoms with van der Waals surface area (Å²) in [5.41, 5.74) is 0.699. The molecular formula is C25H48N4. The average Bonchev–Trinajstić information content (AvgIpc) is 3.21. The predicted molar refractivity (Wildman–Crippen MR) is 123 cm³/mol. The molecule has 0 aliphatic carbocycles. The molecule has 2 atom stereocenters. The molecule has 4 aliphatic rings. The molecule has 0 aromatic rings. The maximum atomic E-state index is 2.88. The van der Waals surface area contributed by atoms with E-state index in [2.05, 4.69) is 61.1 Å². The van der Waals surface area contributed by atoms with E-state index in [1.165, 1.54) is 84.6 Å². The minimum Gasteiger partial charge on any atom is -0.303 e. The van der Waals surface area contributed by atoms with E-state index in [4.69, 9.17) is 0 Å². The van der Waals surface area contributed by atoms with E-state index in [-0.39, 0.29) is 0 Å². The van der Waals surface area contributed by atoms with Gasteiger partial charge in [0.1, 0.15) is 0 Å². The molecule has 4 rings (SSSR count). The fraction of sp³-hybridized carbons (Fsp3) is 1.00. The quantitative estimate of drug-likeness (QED) is 0.712. The van der Waals surface area contributed by atoms with Gasteiger partial charge in [0.15, 0.2) is 0 Å². The summed E-state index contributed by atoms with van der Waals surface area (Å²) >= 11 is 0. The van der Waals surface area contributed by atoms with Crippen LogP contribution in [0.1, 0.15) is 67.2 Å². The van der Waals surface area contributed by atoms with Crippen LogP contribution in [0.4, 0.5) is 0 Å². The van der Waals surface area contributed by atoms with E-state index >= 15 is 0 Å². The van der Waals surface area contributed by atoms with Crippen molar-refractivity contribution in [3.8, 4) is 0 Å². The average molecular weight is 405 g/mol. The number of likely N-dealkylation sites (tertiary alicyclic amines) is 4. The van der Waals surface area contributed by atoms with Crippen molar-refractivity contribution in [3.05, 3.63) is 0 Å². The second-order valence-corrected chi connectivity index (χ2v) is 12.7. The number of rotatable bonds is 3. The first-order valence-corrected chi connectivity index (χ1v) is 12.6.